The lowest BCUT2D eigenvalue weighted by Crippen LogP contribution is -2.32. The first-order valence-corrected chi connectivity index (χ1v) is 9.79. The van der Waals surface area contributed by atoms with Gasteiger partial charge in [-0.05, 0) is 42.2 Å². The van der Waals surface area contributed by atoms with Crippen molar-refractivity contribution in [1.29, 1.82) is 0 Å². The van der Waals surface area contributed by atoms with Crippen molar-refractivity contribution in [3.05, 3.63) is 65.9 Å². The highest BCUT2D eigenvalue weighted by atomic mass is 16.5. The number of carbonyl (C=O) groups is 2. The monoisotopic (exact) mass is 392 g/mol. The minimum absolute atomic E-state index is 0.0129. The molecule has 1 fully saturated rings. The number of rotatable bonds is 8. The molecule has 1 saturated carbocycles. The maximum Gasteiger partial charge on any atom is 0.309 e. The molecule has 0 radical (unpaired) electrons. The Morgan fingerprint density at radius 1 is 1.14 bits per heavy atom. The van der Waals surface area contributed by atoms with Gasteiger partial charge >= 0.3 is 5.97 Å². The van der Waals surface area contributed by atoms with Crippen molar-refractivity contribution < 1.29 is 19.1 Å². The van der Waals surface area contributed by atoms with Crippen LogP contribution in [-0.2, 0) is 14.3 Å². The lowest BCUT2D eigenvalue weighted by molar-refractivity contribution is -0.149. The molecule has 0 spiro atoms. The number of benzene rings is 2. The van der Waals surface area contributed by atoms with Crippen molar-refractivity contribution in [3.8, 4) is 5.75 Å². The number of H-pyrrole nitrogens is 1. The maximum absolute atomic E-state index is 12.2. The molecule has 1 aliphatic rings. The van der Waals surface area contributed by atoms with Gasteiger partial charge in [0.05, 0.1) is 13.0 Å². The van der Waals surface area contributed by atoms with Crippen LogP contribution in [0.3, 0.4) is 0 Å². The number of para-hydroxylation sites is 1. The zero-order valence-corrected chi connectivity index (χ0v) is 16.3. The second kappa shape index (κ2) is 8.39. The third kappa shape index (κ3) is 4.42. The summed E-state index contributed by atoms with van der Waals surface area (Å²) in [5, 5.41) is 4.03. The predicted octanol–water partition coefficient (Wildman–Crippen LogP) is 3.38. The molecule has 3 aromatic rings. The molecule has 6 heteroatoms. The molecular formula is C23H24N2O4. The smallest absolute Gasteiger partial charge is 0.309 e. The summed E-state index contributed by atoms with van der Waals surface area (Å²) in [6.07, 6.45) is 3.71. The van der Waals surface area contributed by atoms with Crippen LogP contribution in [0.15, 0.2) is 54.7 Å². The highest BCUT2D eigenvalue weighted by Crippen LogP contribution is 2.32. The average molecular weight is 392 g/mol. The molecule has 0 bridgehead atoms. The van der Waals surface area contributed by atoms with Gasteiger partial charge in [-0.2, -0.15) is 0 Å². The van der Waals surface area contributed by atoms with Crippen LogP contribution in [0.4, 0.5) is 0 Å². The van der Waals surface area contributed by atoms with Crippen molar-refractivity contribution >= 4 is 22.8 Å². The maximum atomic E-state index is 12.2. The molecule has 0 aliphatic heterocycles. The van der Waals surface area contributed by atoms with Gasteiger partial charge in [-0.15, -0.1) is 0 Å². The zero-order valence-electron chi connectivity index (χ0n) is 16.3. The van der Waals surface area contributed by atoms with E-state index in [1.54, 1.807) is 7.11 Å². The molecule has 0 unspecified atom stereocenters. The van der Waals surface area contributed by atoms with E-state index in [0.29, 0.717) is 6.54 Å². The molecule has 0 saturated heterocycles. The van der Waals surface area contributed by atoms with E-state index >= 15 is 0 Å². The number of hydrogen-bond acceptors (Lipinski definition) is 4. The van der Waals surface area contributed by atoms with Crippen LogP contribution in [-0.4, -0.2) is 37.1 Å². The van der Waals surface area contributed by atoms with Gasteiger partial charge < -0.3 is 19.8 Å². The highest BCUT2D eigenvalue weighted by molar-refractivity contribution is 5.85. The van der Waals surface area contributed by atoms with Crippen molar-refractivity contribution in [1.82, 2.24) is 10.3 Å². The van der Waals surface area contributed by atoms with Crippen LogP contribution >= 0.6 is 0 Å². The summed E-state index contributed by atoms with van der Waals surface area (Å²) in [5.41, 5.74) is 3.21. The molecule has 2 aromatic carbocycles. The Kier molecular flexibility index (Phi) is 5.51. The number of hydrogen-bond donors (Lipinski definition) is 2. The van der Waals surface area contributed by atoms with Gasteiger partial charge in [0.15, 0.2) is 6.61 Å². The first kappa shape index (κ1) is 19.1. The minimum atomic E-state index is -0.294. The van der Waals surface area contributed by atoms with Gasteiger partial charge in [-0.3, -0.25) is 9.59 Å². The van der Waals surface area contributed by atoms with Crippen LogP contribution in [0.1, 0.15) is 29.9 Å². The third-order valence-electron chi connectivity index (χ3n) is 5.27. The van der Waals surface area contributed by atoms with Gasteiger partial charge in [0.25, 0.3) is 5.91 Å². The minimum Gasteiger partial charge on any atom is -0.497 e. The zero-order chi connectivity index (χ0) is 20.2. The number of aromatic amines is 1. The van der Waals surface area contributed by atoms with Crippen LogP contribution in [0.5, 0.6) is 5.75 Å². The fraction of sp³-hybridized carbons (Fsp3) is 0.304. The summed E-state index contributed by atoms with van der Waals surface area (Å²) < 4.78 is 10.3. The number of fused-ring (bicyclic) bond motifs is 1. The summed E-state index contributed by atoms with van der Waals surface area (Å²) in [4.78, 5) is 27.2. The van der Waals surface area contributed by atoms with E-state index in [-0.39, 0.29) is 30.3 Å². The molecule has 1 amide bonds. The van der Waals surface area contributed by atoms with E-state index in [2.05, 4.69) is 16.4 Å². The quantitative estimate of drug-likeness (QED) is 0.576. The van der Waals surface area contributed by atoms with E-state index in [0.717, 1.165) is 40.6 Å². The predicted molar refractivity (Wildman–Crippen MR) is 110 cm³/mol. The van der Waals surface area contributed by atoms with E-state index in [9.17, 15) is 9.59 Å². The van der Waals surface area contributed by atoms with Crippen LogP contribution in [0.25, 0.3) is 10.9 Å². The van der Waals surface area contributed by atoms with Gasteiger partial charge in [-0.25, -0.2) is 0 Å². The Morgan fingerprint density at radius 2 is 1.90 bits per heavy atom. The number of nitrogens with one attached hydrogen (secondary N) is 2. The van der Waals surface area contributed by atoms with E-state index < -0.39 is 0 Å². The molecule has 6 nitrogen and oxygen atoms in total. The van der Waals surface area contributed by atoms with Gasteiger partial charge in [0.1, 0.15) is 5.75 Å². The number of methoxy groups -OCH3 is 1. The SMILES string of the molecule is COc1ccc([C@H](CNC(=O)COC(=O)C2CC2)c2c[nH]c3ccccc23)cc1. The topological polar surface area (TPSA) is 80.4 Å². The van der Waals surface area contributed by atoms with E-state index in [1.165, 1.54) is 0 Å². The fourth-order valence-electron chi connectivity index (χ4n) is 3.47. The number of aromatic nitrogens is 1. The van der Waals surface area contributed by atoms with Crippen molar-refractivity contribution in [2.24, 2.45) is 5.92 Å². The van der Waals surface area contributed by atoms with E-state index in [1.807, 2.05) is 48.7 Å². The van der Waals surface area contributed by atoms with E-state index in [4.69, 9.17) is 9.47 Å². The molecular weight excluding hydrogens is 368 g/mol. The summed E-state index contributed by atoms with van der Waals surface area (Å²) >= 11 is 0. The molecule has 29 heavy (non-hydrogen) atoms. The molecule has 4 rings (SSSR count). The normalized spacial score (nSPS) is 14.4. The molecule has 1 aliphatic carbocycles. The second-order valence-electron chi connectivity index (χ2n) is 7.30. The number of amides is 1. The molecule has 150 valence electrons. The Labute approximate surface area is 169 Å². The molecule has 1 atom stereocenters. The molecule has 2 N–H and O–H groups in total. The van der Waals surface area contributed by atoms with Gasteiger partial charge in [0.2, 0.25) is 0 Å². The summed E-state index contributed by atoms with van der Waals surface area (Å²) in [7, 11) is 1.63. The Balaban J connectivity index is 1.51. The Morgan fingerprint density at radius 3 is 2.62 bits per heavy atom. The number of esters is 1. The summed E-state index contributed by atoms with van der Waals surface area (Å²) in [5.74, 6) is 0.143. The molecule has 1 aromatic heterocycles. The van der Waals surface area contributed by atoms with Crippen LogP contribution < -0.4 is 10.1 Å². The lowest BCUT2D eigenvalue weighted by Gasteiger charge is -2.18. The average Bonchev–Trinajstić information content (AvgIpc) is 3.53. The fourth-order valence-corrected chi connectivity index (χ4v) is 3.47. The first-order valence-electron chi connectivity index (χ1n) is 9.79. The third-order valence-corrected chi connectivity index (χ3v) is 5.27. The number of ether oxygens (including phenoxy) is 2. The van der Waals surface area contributed by atoms with Crippen molar-refractivity contribution in [2.75, 3.05) is 20.3 Å². The van der Waals surface area contributed by atoms with Crippen molar-refractivity contribution in [2.45, 2.75) is 18.8 Å². The van der Waals surface area contributed by atoms with Crippen LogP contribution in [0, 0.1) is 5.92 Å². The standard InChI is InChI=1S/C23H24N2O4/c1-28-17-10-8-15(9-11-17)19(20-13-24-21-5-3-2-4-18(20)21)12-25-22(26)14-29-23(27)16-6-7-16/h2-5,8-11,13,16,19,24H,6-7,12,14H2,1H3,(H,25,26)/t19-/m0/s1. The molecule has 1 heterocycles. The van der Waals surface area contributed by atoms with Gasteiger partial charge in [-0.1, -0.05) is 30.3 Å². The lowest BCUT2D eigenvalue weighted by atomic mass is 9.91. The van der Waals surface area contributed by atoms with Crippen LogP contribution in [0.2, 0.25) is 0 Å². The first-order chi connectivity index (χ1) is 14.2. The van der Waals surface area contributed by atoms with Gasteiger partial charge in [0, 0.05) is 29.6 Å². The second-order valence-corrected chi connectivity index (χ2v) is 7.30. The number of carbonyl (C=O) groups excluding carboxylic acids is 2. The summed E-state index contributed by atoms with van der Waals surface area (Å²) in [6, 6.07) is 15.9. The highest BCUT2D eigenvalue weighted by Gasteiger charge is 2.31. The Hall–Kier alpha value is -3.28. The van der Waals surface area contributed by atoms with Crippen molar-refractivity contribution in [3.63, 3.8) is 0 Å². The Bertz CT molecular complexity index is 1010. The summed E-state index contributed by atoms with van der Waals surface area (Å²) in [6.45, 7) is 0.159. The largest absolute Gasteiger partial charge is 0.497 e.